The zero-order valence-electron chi connectivity index (χ0n) is 18.3. The Balaban J connectivity index is 1.62. The summed E-state index contributed by atoms with van der Waals surface area (Å²) >= 11 is 0. The van der Waals surface area contributed by atoms with E-state index >= 15 is 0 Å². The number of nitrogens with one attached hydrogen (secondary N) is 2. The number of carbonyl (C=O) groups is 1. The largest absolute Gasteiger partial charge is 0.484 e. The van der Waals surface area contributed by atoms with Crippen LogP contribution in [0.1, 0.15) is 16.7 Å². The average molecular weight is 470 g/mol. The van der Waals surface area contributed by atoms with E-state index in [1.165, 1.54) is 36.4 Å². The van der Waals surface area contributed by atoms with Crippen LogP contribution < -0.4 is 14.8 Å². The number of ether oxygens (including phenoxy) is 1. The Kier molecular flexibility index (Phi) is 6.98. The Morgan fingerprint density at radius 1 is 0.939 bits per heavy atom. The number of carbonyl (C=O) groups excluding carboxylic acids is 1. The molecule has 172 valence electrons. The highest BCUT2D eigenvalue weighted by Crippen LogP contribution is 2.24. The van der Waals surface area contributed by atoms with Crippen LogP contribution in [0.15, 0.2) is 65.6 Å². The zero-order chi connectivity index (χ0) is 24.2. The van der Waals surface area contributed by atoms with Gasteiger partial charge in [-0.3, -0.25) is 19.6 Å². The lowest BCUT2D eigenvalue weighted by Crippen LogP contribution is -2.20. The lowest BCUT2D eigenvalue weighted by Gasteiger charge is -2.12. The highest BCUT2D eigenvalue weighted by molar-refractivity contribution is 7.92. The number of nitro benzene ring substituents is 1. The number of nitrogens with zero attached hydrogens (tertiary/aromatic N) is 1. The Morgan fingerprint density at radius 3 is 2.24 bits per heavy atom. The molecule has 3 aromatic carbocycles. The molecule has 33 heavy (non-hydrogen) atoms. The highest BCUT2D eigenvalue weighted by Gasteiger charge is 2.16. The number of non-ortho nitro benzene ring substituents is 1. The van der Waals surface area contributed by atoms with Crippen LogP contribution in [0.5, 0.6) is 5.75 Å². The number of hydrogen-bond donors (Lipinski definition) is 2. The lowest BCUT2D eigenvalue weighted by molar-refractivity contribution is -0.384. The molecule has 1 amide bonds. The quantitative estimate of drug-likeness (QED) is 0.373. The standard InChI is InChI=1S/C23H23N3O6S/c1-15-4-5-17(3)22(12-15)25-33(30,31)20-10-8-19(9-11-20)32-14-23(27)24-21-13-18(26(28)29)7-6-16(21)2/h4-13,25H,14H2,1-3H3,(H,24,27). The van der Waals surface area contributed by atoms with Crippen molar-refractivity contribution in [3.05, 3.63) is 87.5 Å². The number of anilines is 2. The summed E-state index contributed by atoms with van der Waals surface area (Å²) in [6.07, 6.45) is 0. The van der Waals surface area contributed by atoms with Crippen LogP contribution in [-0.4, -0.2) is 25.9 Å². The number of hydrogen-bond acceptors (Lipinski definition) is 6. The van der Waals surface area contributed by atoms with E-state index in [4.69, 9.17) is 4.74 Å². The normalized spacial score (nSPS) is 11.0. The van der Waals surface area contributed by atoms with Gasteiger partial charge in [0.2, 0.25) is 0 Å². The number of sulfonamides is 1. The van der Waals surface area contributed by atoms with Crippen LogP contribution in [0, 0.1) is 30.9 Å². The molecule has 0 saturated heterocycles. The predicted octanol–water partition coefficient (Wildman–Crippen LogP) is 4.34. The fourth-order valence-electron chi connectivity index (χ4n) is 2.96. The molecule has 3 aromatic rings. The van der Waals surface area contributed by atoms with Crippen LogP contribution >= 0.6 is 0 Å². The van der Waals surface area contributed by atoms with Gasteiger partial charge in [0.15, 0.2) is 6.61 Å². The topological polar surface area (TPSA) is 128 Å². The number of aryl methyl sites for hydroxylation is 3. The third-order valence-corrected chi connectivity index (χ3v) is 6.23. The van der Waals surface area contributed by atoms with Gasteiger partial charge in [0, 0.05) is 12.1 Å². The van der Waals surface area contributed by atoms with Gasteiger partial charge in [-0.25, -0.2) is 8.42 Å². The zero-order valence-corrected chi connectivity index (χ0v) is 19.1. The second-order valence-electron chi connectivity index (χ2n) is 7.49. The fourth-order valence-corrected chi connectivity index (χ4v) is 4.08. The molecule has 0 radical (unpaired) electrons. The molecule has 0 aliphatic carbocycles. The van der Waals surface area contributed by atoms with Crippen LogP contribution in [0.2, 0.25) is 0 Å². The number of nitro groups is 1. The maximum Gasteiger partial charge on any atom is 0.271 e. The second-order valence-corrected chi connectivity index (χ2v) is 9.17. The van der Waals surface area contributed by atoms with Gasteiger partial charge in [0.05, 0.1) is 21.2 Å². The van der Waals surface area contributed by atoms with Gasteiger partial charge in [-0.2, -0.15) is 0 Å². The molecule has 9 nitrogen and oxygen atoms in total. The van der Waals surface area contributed by atoms with Crippen LogP contribution in [0.3, 0.4) is 0 Å². The third-order valence-electron chi connectivity index (χ3n) is 4.85. The first-order valence-corrected chi connectivity index (χ1v) is 11.4. The van der Waals surface area contributed by atoms with Crippen molar-refractivity contribution in [2.45, 2.75) is 25.7 Å². The van der Waals surface area contributed by atoms with E-state index in [1.54, 1.807) is 19.1 Å². The van der Waals surface area contributed by atoms with Crippen molar-refractivity contribution >= 4 is 33.0 Å². The minimum absolute atomic E-state index is 0.0485. The van der Waals surface area contributed by atoms with Crippen molar-refractivity contribution in [1.29, 1.82) is 0 Å². The molecular formula is C23H23N3O6S. The first-order chi connectivity index (χ1) is 15.5. The third kappa shape index (κ3) is 6.07. The van der Waals surface area contributed by atoms with Crippen molar-refractivity contribution in [2.75, 3.05) is 16.6 Å². The average Bonchev–Trinajstić information content (AvgIpc) is 2.76. The van der Waals surface area contributed by atoms with Crippen molar-refractivity contribution in [3.8, 4) is 5.75 Å². The minimum atomic E-state index is -3.80. The van der Waals surface area contributed by atoms with Crippen molar-refractivity contribution < 1.29 is 22.9 Å². The van der Waals surface area contributed by atoms with Crippen molar-refractivity contribution in [2.24, 2.45) is 0 Å². The van der Waals surface area contributed by atoms with E-state index in [1.807, 2.05) is 26.0 Å². The Labute approximate surface area is 191 Å². The summed E-state index contributed by atoms with van der Waals surface area (Å²) in [6.45, 7) is 5.05. The summed E-state index contributed by atoms with van der Waals surface area (Å²) in [5, 5.41) is 13.5. The van der Waals surface area contributed by atoms with Gasteiger partial charge in [-0.05, 0) is 67.8 Å². The maximum absolute atomic E-state index is 12.7. The Morgan fingerprint density at radius 2 is 1.58 bits per heavy atom. The summed E-state index contributed by atoms with van der Waals surface area (Å²) in [5.41, 5.74) is 3.08. The van der Waals surface area contributed by atoms with Gasteiger partial charge in [-0.1, -0.05) is 18.2 Å². The number of rotatable bonds is 8. The Hall–Kier alpha value is -3.92. The molecular weight excluding hydrogens is 446 g/mol. The van der Waals surface area contributed by atoms with Gasteiger partial charge in [0.1, 0.15) is 5.75 Å². The van der Waals surface area contributed by atoms with Gasteiger partial charge in [0.25, 0.3) is 21.6 Å². The molecule has 0 spiro atoms. The fraction of sp³-hybridized carbons (Fsp3) is 0.174. The molecule has 0 aliphatic rings. The number of benzene rings is 3. The molecule has 0 bridgehead atoms. The summed E-state index contributed by atoms with van der Waals surface area (Å²) in [5.74, 6) is -0.210. The predicted molar refractivity (Wildman–Crippen MR) is 125 cm³/mol. The molecule has 0 saturated carbocycles. The Bertz CT molecular complexity index is 1300. The molecule has 3 rings (SSSR count). The molecule has 10 heteroatoms. The van der Waals surface area contributed by atoms with Gasteiger partial charge >= 0.3 is 0 Å². The van der Waals surface area contributed by atoms with Crippen LogP contribution in [-0.2, 0) is 14.8 Å². The van der Waals surface area contributed by atoms with E-state index in [2.05, 4.69) is 10.0 Å². The molecule has 0 atom stereocenters. The number of amides is 1. The second kappa shape index (κ2) is 9.70. The van der Waals surface area contributed by atoms with Crippen molar-refractivity contribution in [3.63, 3.8) is 0 Å². The molecule has 0 aliphatic heterocycles. The lowest BCUT2D eigenvalue weighted by atomic mass is 10.1. The minimum Gasteiger partial charge on any atom is -0.484 e. The first-order valence-electron chi connectivity index (χ1n) is 9.93. The van der Waals surface area contributed by atoms with Gasteiger partial charge in [-0.15, -0.1) is 0 Å². The monoisotopic (exact) mass is 469 g/mol. The van der Waals surface area contributed by atoms with Gasteiger partial charge < -0.3 is 10.1 Å². The molecule has 0 aromatic heterocycles. The summed E-state index contributed by atoms with van der Waals surface area (Å²) in [4.78, 5) is 22.6. The van der Waals surface area contributed by atoms with Crippen molar-refractivity contribution in [1.82, 2.24) is 0 Å². The van der Waals surface area contributed by atoms with E-state index in [0.717, 1.165) is 11.1 Å². The smallest absolute Gasteiger partial charge is 0.271 e. The molecule has 0 fully saturated rings. The highest BCUT2D eigenvalue weighted by atomic mass is 32.2. The summed E-state index contributed by atoms with van der Waals surface area (Å²) in [6, 6.07) is 15.3. The van der Waals surface area contributed by atoms with Crippen LogP contribution in [0.25, 0.3) is 0 Å². The van der Waals surface area contributed by atoms with Crippen LogP contribution in [0.4, 0.5) is 17.1 Å². The maximum atomic E-state index is 12.7. The first kappa shape index (κ1) is 23.7. The molecule has 2 N–H and O–H groups in total. The molecule has 0 heterocycles. The van der Waals surface area contributed by atoms with E-state index in [-0.39, 0.29) is 17.2 Å². The van der Waals surface area contributed by atoms with E-state index in [0.29, 0.717) is 22.7 Å². The van der Waals surface area contributed by atoms with E-state index < -0.39 is 20.9 Å². The summed E-state index contributed by atoms with van der Waals surface area (Å²) in [7, 11) is -3.80. The SMILES string of the molecule is Cc1ccc(C)c(NS(=O)(=O)c2ccc(OCC(=O)Nc3cc([N+](=O)[O-])ccc3C)cc2)c1. The molecule has 0 unspecified atom stereocenters. The van der Waals surface area contributed by atoms with E-state index in [9.17, 15) is 23.3 Å². The summed E-state index contributed by atoms with van der Waals surface area (Å²) < 4.78 is 33.4.